The van der Waals surface area contributed by atoms with Crippen molar-refractivity contribution in [1.82, 2.24) is 14.8 Å². The molecule has 0 bridgehead atoms. The van der Waals surface area contributed by atoms with Gasteiger partial charge in [-0.1, -0.05) is 23.4 Å². The number of anilines is 1. The third kappa shape index (κ3) is 6.04. The lowest BCUT2D eigenvalue weighted by atomic mass is 10.1. The zero-order valence-corrected chi connectivity index (χ0v) is 20.8. The summed E-state index contributed by atoms with van der Waals surface area (Å²) in [6.45, 7) is 5.76. The van der Waals surface area contributed by atoms with Crippen molar-refractivity contribution < 1.29 is 23.5 Å². The van der Waals surface area contributed by atoms with Gasteiger partial charge in [0, 0.05) is 11.9 Å². The number of rotatable bonds is 9. The number of ether oxygens (including phenoxy) is 2. The Morgan fingerprint density at radius 2 is 2.06 bits per heavy atom. The molecule has 33 heavy (non-hydrogen) atoms. The number of halogens is 2. The minimum absolute atomic E-state index is 0.0644. The molecule has 176 valence electrons. The lowest BCUT2D eigenvalue weighted by Gasteiger charge is -2.08. The van der Waals surface area contributed by atoms with E-state index in [4.69, 9.17) is 21.1 Å². The van der Waals surface area contributed by atoms with Crippen LogP contribution in [0.15, 0.2) is 23.4 Å². The fourth-order valence-electron chi connectivity index (χ4n) is 2.79. The predicted octanol–water partition coefficient (Wildman–Crippen LogP) is 4.77. The number of hydrogen-bond donors (Lipinski definition) is 1. The zero-order valence-electron chi connectivity index (χ0n) is 18.4. The summed E-state index contributed by atoms with van der Waals surface area (Å²) in [4.78, 5) is 25.7. The monoisotopic (exact) mass is 512 g/mol. The molecule has 1 aromatic carbocycles. The highest BCUT2D eigenvalue weighted by atomic mass is 35.5. The molecule has 3 aromatic rings. The number of carbonyl (C=O) groups excluding carboxylic acids is 2. The molecule has 0 saturated carbocycles. The van der Waals surface area contributed by atoms with Gasteiger partial charge in [0.1, 0.15) is 23.2 Å². The maximum Gasteiger partial charge on any atom is 0.341 e. The highest BCUT2D eigenvalue weighted by Gasteiger charge is 2.22. The number of hydrogen-bond acceptors (Lipinski definition) is 8. The van der Waals surface area contributed by atoms with Crippen LogP contribution in [0.3, 0.4) is 0 Å². The maximum atomic E-state index is 13.2. The standard InChI is InChI=1S/C21H22ClFN4O4S2/c1-5-30-20(29)18-11(2)12(3)33-19(18)24-17(28)10-32-21-26-25-16(27(21)4)9-31-15-7-6-13(23)8-14(15)22/h6-8H,5,9-10H2,1-4H3,(H,24,28). The molecule has 12 heteroatoms. The molecule has 0 aliphatic rings. The topological polar surface area (TPSA) is 95.3 Å². The van der Waals surface area contributed by atoms with E-state index in [2.05, 4.69) is 15.5 Å². The highest BCUT2D eigenvalue weighted by Crippen LogP contribution is 2.33. The zero-order chi connectivity index (χ0) is 24.1. The molecule has 2 heterocycles. The summed E-state index contributed by atoms with van der Waals surface area (Å²) in [5.41, 5.74) is 1.18. The number of benzene rings is 1. The minimum atomic E-state index is -0.457. The quantitative estimate of drug-likeness (QED) is 0.326. The van der Waals surface area contributed by atoms with Crippen molar-refractivity contribution in [2.75, 3.05) is 17.7 Å². The van der Waals surface area contributed by atoms with E-state index in [9.17, 15) is 14.0 Å². The molecule has 0 radical (unpaired) electrons. The van der Waals surface area contributed by atoms with Crippen molar-refractivity contribution in [3.63, 3.8) is 0 Å². The van der Waals surface area contributed by atoms with Crippen LogP contribution in [0.5, 0.6) is 5.75 Å². The smallest absolute Gasteiger partial charge is 0.341 e. The molecule has 1 N–H and O–H groups in total. The summed E-state index contributed by atoms with van der Waals surface area (Å²) < 4.78 is 25.6. The normalized spacial score (nSPS) is 10.8. The van der Waals surface area contributed by atoms with Crippen LogP contribution in [0.2, 0.25) is 5.02 Å². The van der Waals surface area contributed by atoms with E-state index in [-0.39, 0.29) is 29.9 Å². The van der Waals surface area contributed by atoms with Crippen LogP contribution < -0.4 is 10.1 Å². The Bertz CT molecular complexity index is 1180. The van der Waals surface area contributed by atoms with Gasteiger partial charge in [0.25, 0.3) is 0 Å². The molecule has 8 nitrogen and oxygen atoms in total. The van der Waals surface area contributed by atoms with Crippen molar-refractivity contribution >= 4 is 51.6 Å². The molecular weight excluding hydrogens is 491 g/mol. The van der Waals surface area contributed by atoms with E-state index in [0.717, 1.165) is 16.5 Å². The van der Waals surface area contributed by atoms with E-state index in [0.29, 0.717) is 27.3 Å². The second-order valence-electron chi connectivity index (χ2n) is 6.87. The number of aromatic nitrogens is 3. The molecule has 0 spiro atoms. The van der Waals surface area contributed by atoms with Gasteiger partial charge in [0.15, 0.2) is 11.0 Å². The van der Waals surface area contributed by atoms with Crippen molar-refractivity contribution in [2.24, 2.45) is 7.05 Å². The summed E-state index contributed by atoms with van der Waals surface area (Å²) in [6, 6.07) is 3.85. The number of carbonyl (C=O) groups is 2. The summed E-state index contributed by atoms with van der Waals surface area (Å²) in [7, 11) is 1.75. The number of nitrogens with one attached hydrogen (secondary N) is 1. The van der Waals surface area contributed by atoms with Crippen LogP contribution in [-0.4, -0.2) is 39.0 Å². The second kappa shape index (κ2) is 11.0. The van der Waals surface area contributed by atoms with Crippen LogP contribution >= 0.6 is 34.7 Å². The van der Waals surface area contributed by atoms with E-state index in [1.807, 2.05) is 13.8 Å². The molecule has 0 aliphatic heterocycles. The van der Waals surface area contributed by atoms with E-state index >= 15 is 0 Å². The maximum absolute atomic E-state index is 13.2. The second-order valence-corrected chi connectivity index (χ2v) is 9.44. The van der Waals surface area contributed by atoms with Crippen LogP contribution in [-0.2, 0) is 23.2 Å². The van der Waals surface area contributed by atoms with Gasteiger partial charge < -0.3 is 19.4 Å². The van der Waals surface area contributed by atoms with Gasteiger partial charge in [-0.15, -0.1) is 21.5 Å². The average molecular weight is 513 g/mol. The van der Waals surface area contributed by atoms with Crippen LogP contribution in [0.25, 0.3) is 0 Å². The number of nitrogens with zero attached hydrogens (tertiary/aromatic N) is 3. The molecule has 0 atom stereocenters. The van der Waals surface area contributed by atoms with E-state index in [1.165, 1.54) is 35.2 Å². The first-order valence-electron chi connectivity index (χ1n) is 9.87. The molecule has 1 amide bonds. The van der Waals surface area contributed by atoms with Crippen LogP contribution in [0, 0.1) is 19.7 Å². The Kier molecular flexibility index (Phi) is 8.33. The average Bonchev–Trinajstić information content (AvgIpc) is 3.24. The first-order chi connectivity index (χ1) is 15.7. The number of amides is 1. The van der Waals surface area contributed by atoms with Crippen molar-refractivity contribution in [1.29, 1.82) is 0 Å². The summed E-state index contributed by atoms with van der Waals surface area (Å²) >= 11 is 8.49. The van der Waals surface area contributed by atoms with Crippen LogP contribution in [0.4, 0.5) is 9.39 Å². The van der Waals surface area contributed by atoms with E-state index < -0.39 is 11.8 Å². The number of esters is 1. The van der Waals surface area contributed by atoms with Gasteiger partial charge in [-0.3, -0.25) is 4.79 Å². The highest BCUT2D eigenvalue weighted by molar-refractivity contribution is 7.99. The molecule has 0 saturated heterocycles. The van der Waals surface area contributed by atoms with E-state index in [1.54, 1.807) is 18.5 Å². The van der Waals surface area contributed by atoms with Gasteiger partial charge in [0.2, 0.25) is 5.91 Å². The van der Waals surface area contributed by atoms with Gasteiger partial charge in [-0.25, -0.2) is 9.18 Å². The first kappa shape index (κ1) is 25.0. The fraction of sp³-hybridized carbons (Fsp3) is 0.333. The Labute approximate surface area is 203 Å². The molecule has 3 rings (SSSR count). The first-order valence-corrected chi connectivity index (χ1v) is 12.0. The third-order valence-electron chi connectivity index (χ3n) is 4.63. The lowest BCUT2D eigenvalue weighted by molar-refractivity contribution is -0.113. The van der Waals surface area contributed by atoms with Crippen molar-refractivity contribution in [3.05, 3.63) is 50.9 Å². The van der Waals surface area contributed by atoms with Crippen LogP contribution in [0.1, 0.15) is 33.5 Å². The summed E-state index contributed by atoms with van der Waals surface area (Å²) in [6.07, 6.45) is 0. The van der Waals surface area contributed by atoms with Gasteiger partial charge in [-0.05, 0) is 44.5 Å². The number of thiophene rings is 1. The fourth-order valence-corrected chi connectivity index (χ4v) is 4.80. The molecular formula is C21H22ClFN4O4S2. The Morgan fingerprint density at radius 1 is 1.30 bits per heavy atom. The van der Waals surface area contributed by atoms with Crippen molar-refractivity contribution in [2.45, 2.75) is 32.5 Å². The van der Waals surface area contributed by atoms with Gasteiger partial charge >= 0.3 is 5.97 Å². The van der Waals surface area contributed by atoms with Gasteiger partial charge in [-0.2, -0.15) is 0 Å². The molecule has 0 aliphatic carbocycles. The molecule has 2 aromatic heterocycles. The molecule has 0 unspecified atom stereocenters. The summed E-state index contributed by atoms with van der Waals surface area (Å²) in [5.74, 6) is -0.298. The Balaban J connectivity index is 1.60. The lowest BCUT2D eigenvalue weighted by Crippen LogP contribution is -2.16. The van der Waals surface area contributed by atoms with Gasteiger partial charge in [0.05, 0.1) is 22.9 Å². The Morgan fingerprint density at radius 3 is 2.76 bits per heavy atom. The molecule has 0 fully saturated rings. The SMILES string of the molecule is CCOC(=O)c1c(NC(=O)CSc2nnc(COc3ccc(F)cc3Cl)n2C)sc(C)c1C. The Hall–Kier alpha value is -2.63. The van der Waals surface area contributed by atoms with Crippen molar-refractivity contribution in [3.8, 4) is 5.75 Å². The largest absolute Gasteiger partial charge is 0.484 e. The minimum Gasteiger partial charge on any atom is -0.484 e. The third-order valence-corrected chi connectivity index (χ3v) is 7.06. The predicted molar refractivity (Wildman–Crippen MR) is 126 cm³/mol. The number of aryl methyl sites for hydroxylation is 1. The summed E-state index contributed by atoms with van der Waals surface area (Å²) in [5, 5.41) is 12.1. The number of thioether (sulfide) groups is 1.